The molecule has 2 heterocycles. The fraction of sp³-hybridized carbons (Fsp3) is 0.462. The zero-order valence-electron chi connectivity index (χ0n) is 11.5. The lowest BCUT2D eigenvalue weighted by molar-refractivity contribution is -0.144. The summed E-state index contributed by atoms with van der Waals surface area (Å²) in [6, 6.07) is 1.51. The van der Waals surface area contributed by atoms with Crippen molar-refractivity contribution in [1.82, 2.24) is 14.3 Å². The highest BCUT2D eigenvalue weighted by molar-refractivity contribution is 7.15. The lowest BCUT2D eigenvalue weighted by Gasteiger charge is -2.18. The van der Waals surface area contributed by atoms with E-state index in [1.807, 2.05) is 17.2 Å². The largest absolute Gasteiger partial charge is 0.465 e. The monoisotopic (exact) mass is 295 g/mol. The van der Waals surface area contributed by atoms with Gasteiger partial charge in [0.05, 0.1) is 18.8 Å². The number of esters is 1. The fourth-order valence-corrected chi connectivity index (χ4v) is 2.61. The molecule has 20 heavy (non-hydrogen) atoms. The Balaban J connectivity index is 2.12. The summed E-state index contributed by atoms with van der Waals surface area (Å²) in [5, 5.41) is 1.82. The number of aromatic nitrogens is 2. The van der Waals surface area contributed by atoms with Crippen LogP contribution in [0.4, 0.5) is 0 Å². The minimum atomic E-state index is -0.261. The molecule has 0 saturated carbocycles. The van der Waals surface area contributed by atoms with Gasteiger partial charge in [-0.05, 0) is 13.5 Å². The first kappa shape index (κ1) is 14.7. The molecule has 0 aliphatic carbocycles. The molecular weight excluding hydrogens is 278 g/mol. The standard InChI is InChI=1S/C13H17N3O3S/c1-3-15(9-12(18)19-4-2)8-10-7-11(17)16-5-6-20-13(16)14-10/h5-7H,3-4,8-9H2,1-2H3. The first-order chi connectivity index (χ1) is 9.63. The van der Waals surface area contributed by atoms with E-state index in [0.29, 0.717) is 30.4 Å². The molecule has 0 atom stereocenters. The molecule has 0 fully saturated rings. The maximum Gasteiger partial charge on any atom is 0.320 e. The van der Waals surface area contributed by atoms with Crippen LogP contribution in [0, 0.1) is 0 Å². The van der Waals surface area contributed by atoms with Crippen molar-refractivity contribution in [3.8, 4) is 0 Å². The van der Waals surface area contributed by atoms with Crippen molar-refractivity contribution in [2.24, 2.45) is 0 Å². The van der Waals surface area contributed by atoms with Gasteiger partial charge in [0.2, 0.25) is 0 Å². The van der Waals surface area contributed by atoms with Crippen LogP contribution in [0.15, 0.2) is 22.4 Å². The van der Waals surface area contributed by atoms with Crippen molar-refractivity contribution < 1.29 is 9.53 Å². The molecule has 6 nitrogen and oxygen atoms in total. The van der Waals surface area contributed by atoms with Crippen molar-refractivity contribution in [1.29, 1.82) is 0 Å². The van der Waals surface area contributed by atoms with E-state index in [1.54, 1.807) is 13.1 Å². The molecule has 0 aliphatic heterocycles. The van der Waals surface area contributed by atoms with Crippen molar-refractivity contribution in [3.05, 3.63) is 33.7 Å². The fourth-order valence-electron chi connectivity index (χ4n) is 1.87. The van der Waals surface area contributed by atoms with E-state index < -0.39 is 0 Å². The normalized spacial score (nSPS) is 11.2. The average molecular weight is 295 g/mol. The maximum atomic E-state index is 11.9. The summed E-state index contributed by atoms with van der Waals surface area (Å²) in [4.78, 5) is 30.4. The smallest absolute Gasteiger partial charge is 0.320 e. The molecule has 7 heteroatoms. The van der Waals surface area contributed by atoms with Gasteiger partial charge in [0.15, 0.2) is 4.96 Å². The first-order valence-electron chi connectivity index (χ1n) is 6.47. The summed E-state index contributed by atoms with van der Waals surface area (Å²) < 4.78 is 6.44. The summed E-state index contributed by atoms with van der Waals surface area (Å²) in [6.07, 6.45) is 1.70. The molecule has 0 radical (unpaired) electrons. The van der Waals surface area contributed by atoms with E-state index in [2.05, 4.69) is 4.98 Å². The number of hydrogen-bond donors (Lipinski definition) is 0. The van der Waals surface area contributed by atoms with Gasteiger partial charge in [0, 0.05) is 24.2 Å². The third-order valence-electron chi connectivity index (χ3n) is 2.85. The van der Waals surface area contributed by atoms with Crippen LogP contribution in [0.3, 0.4) is 0 Å². The topological polar surface area (TPSA) is 63.9 Å². The van der Waals surface area contributed by atoms with Crippen molar-refractivity contribution in [2.45, 2.75) is 20.4 Å². The van der Waals surface area contributed by atoms with Gasteiger partial charge in [-0.1, -0.05) is 6.92 Å². The van der Waals surface area contributed by atoms with Crippen molar-refractivity contribution in [3.63, 3.8) is 0 Å². The highest BCUT2D eigenvalue weighted by Crippen LogP contribution is 2.08. The third-order valence-corrected chi connectivity index (χ3v) is 3.60. The van der Waals surface area contributed by atoms with Crippen LogP contribution < -0.4 is 5.56 Å². The van der Waals surface area contributed by atoms with E-state index in [9.17, 15) is 9.59 Å². The highest BCUT2D eigenvalue weighted by Gasteiger charge is 2.12. The van der Waals surface area contributed by atoms with Crippen LogP contribution in [0.2, 0.25) is 0 Å². The molecule has 2 rings (SSSR count). The number of fused-ring (bicyclic) bond motifs is 1. The summed E-state index contributed by atoms with van der Waals surface area (Å²) >= 11 is 1.41. The maximum absolute atomic E-state index is 11.9. The summed E-state index contributed by atoms with van der Waals surface area (Å²) in [5.41, 5.74) is 0.571. The lowest BCUT2D eigenvalue weighted by Crippen LogP contribution is -2.31. The van der Waals surface area contributed by atoms with Gasteiger partial charge in [0.1, 0.15) is 0 Å². The van der Waals surface area contributed by atoms with Crippen LogP contribution in [0.25, 0.3) is 4.96 Å². The van der Waals surface area contributed by atoms with Crippen LogP contribution in [0.1, 0.15) is 19.5 Å². The average Bonchev–Trinajstić information content (AvgIpc) is 2.87. The van der Waals surface area contributed by atoms with E-state index in [0.717, 1.165) is 0 Å². The van der Waals surface area contributed by atoms with Gasteiger partial charge >= 0.3 is 5.97 Å². The van der Waals surface area contributed by atoms with Gasteiger partial charge in [-0.15, -0.1) is 11.3 Å². The number of likely N-dealkylation sites (N-methyl/N-ethyl adjacent to an activating group) is 1. The zero-order valence-corrected chi connectivity index (χ0v) is 12.4. The minimum Gasteiger partial charge on any atom is -0.465 e. The Labute approximate surface area is 120 Å². The second-order valence-corrected chi connectivity index (χ2v) is 5.12. The zero-order chi connectivity index (χ0) is 14.5. The molecule has 2 aromatic rings. The number of ether oxygens (including phenoxy) is 1. The molecule has 0 bridgehead atoms. The third kappa shape index (κ3) is 3.43. The summed E-state index contributed by atoms with van der Waals surface area (Å²) in [5.74, 6) is -0.261. The molecule has 0 N–H and O–H groups in total. The molecule has 0 unspecified atom stereocenters. The number of carbonyl (C=O) groups excluding carboxylic acids is 1. The molecule has 108 valence electrons. The number of nitrogens with zero attached hydrogens (tertiary/aromatic N) is 3. The number of thiazole rings is 1. The Hall–Kier alpha value is -1.73. The van der Waals surface area contributed by atoms with Gasteiger partial charge in [-0.3, -0.25) is 18.9 Å². The Bertz CT molecular complexity index is 650. The second-order valence-electron chi connectivity index (χ2n) is 4.25. The Morgan fingerprint density at radius 1 is 1.50 bits per heavy atom. The molecule has 2 aromatic heterocycles. The SMILES string of the molecule is CCOC(=O)CN(CC)Cc1cc(=O)n2ccsc2n1. The van der Waals surface area contributed by atoms with E-state index in [-0.39, 0.29) is 18.1 Å². The van der Waals surface area contributed by atoms with E-state index in [1.165, 1.54) is 21.8 Å². The predicted molar refractivity (Wildman–Crippen MR) is 76.9 cm³/mol. The molecule has 0 spiro atoms. The minimum absolute atomic E-state index is 0.0987. The summed E-state index contributed by atoms with van der Waals surface area (Å²) in [6.45, 7) is 5.45. The number of rotatable bonds is 6. The predicted octanol–water partition coefficient (Wildman–Crippen LogP) is 1.14. The van der Waals surface area contributed by atoms with Crippen LogP contribution in [-0.4, -0.2) is 40.0 Å². The quantitative estimate of drug-likeness (QED) is 0.748. The van der Waals surface area contributed by atoms with E-state index >= 15 is 0 Å². The van der Waals surface area contributed by atoms with Gasteiger partial charge in [-0.2, -0.15) is 0 Å². The lowest BCUT2D eigenvalue weighted by atomic mass is 10.3. The van der Waals surface area contributed by atoms with Crippen molar-refractivity contribution >= 4 is 22.3 Å². The van der Waals surface area contributed by atoms with Gasteiger partial charge in [0.25, 0.3) is 5.56 Å². The second kappa shape index (κ2) is 6.62. The van der Waals surface area contributed by atoms with Crippen molar-refractivity contribution in [2.75, 3.05) is 19.7 Å². The molecular formula is C13H17N3O3S. The van der Waals surface area contributed by atoms with E-state index in [4.69, 9.17) is 4.74 Å². The first-order valence-corrected chi connectivity index (χ1v) is 7.35. The highest BCUT2D eigenvalue weighted by atomic mass is 32.1. The molecule has 0 saturated heterocycles. The van der Waals surface area contributed by atoms with Gasteiger partial charge in [-0.25, -0.2) is 4.98 Å². The number of hydrogen-bond acceptors (Lipinski definition) is 6. The molecule has 0 aliphatic rings. The number of carbonyl (C=O) groups is 1. The van der Waals surface area contributed by atoms with Crippen LogP contribution in [0.5, 0.6) is 0 Å². The van der Waals surface area contributed by atoms with Crippen LogP contribution in [-0.2, 0) is 16.1 Å². The molecule has 0 amide bonds. The Kier molecular flexibility index (Phi) is 4.86. The summed E-state index contributed by atoms with van der Waals surface area (Å²) in [7, 11) is 0. The Morgan fingerprint density at radius 3 is 3.00 bits per heavy atom. The van der Waals surface area contributed by atoms with Crippen LogP contribution >= 0.6 is 11.3 Å². The van der Waals surface area contributed by atoms with Gasteiger partial charge < -0.3 is 4.74 Å². The molecule has 0 aromatic carbocycles. The Morgan fingerprint density at radius 2 is 2.30 bits per heavy atom.